The van der Waals surface area contributed by atoms with E-state index in [1.54, 1.807) is 0 Å². The van der Waals surface area contributed by atoms with Crippen LogP contribution in [0.2, 0.25) is 0 Å². The first-order valence-corrected chi connectivity index (χ1v) is 23.2. The molecule has 3 heterocycles. The van der Waals surface area contributed by atoms with Gasteiger partial charge >= 0.3 is 5.97 Å². The van der Waals surface area contributed by atoms with Crippen LogP contribution in [0.25, 0.3) is 0 Å². The lowest BCUT2D eigenvalue weighted by molar-refractivity contribution is -0.437. The van der Waals surface area contributed by atoms with Gasteiger partial charge in [0, 0.05) is 66.7 Å². The number of rotatable bonds is 18. The molecule has 16 nitrogen and oxygen atoms in total. The van der Waals surface area contributed by atoms with Gasteiger partial charge in [0.1, 0.15) is 6.54 Å². The van der Waals surface area contributed by atoms with Gasteiger partial charge in [0.05, 0.1) is 21.8 Å². The summed E-state index contributed by atoms with van der Waals surface area (Å²) in [6, 6.07) is 11.9. The van der Waals surface area contributed by atoms with Gasteiger partial charge in [0.2, 0.25) is 5.69 Å². The van der Waals surface area contributed by atoms with Crippen LogP contribution in [0.5, 0.6) is 0 Å². The van der Waals surface area contributed by atoms with E-state index in [0.717, 1.165) is 17.0 Å². The molecule has 1 fully saturated rings. The maximum absolute atomic E-state index is 12.4. The Kier molecular flexibility index (Phi) is 13.0. The lowest BCUT2D eigenvalue weighted by Crippen LogP contribution is -2.32. The Labute approximate surface area is 333 Å². The van der Waals surface area contributed by atoms with Gasteiger partial charge in [0.25, 0.3) is 42.2 Å². The summed E-state index contributed by atoms with van der Waals surface area (Å²) in [4.78, 5) is 42.6. The quantitative estimate of drug-likeness (QED) is 0.0803. The van der Waals surface area contributed by atoms with Crippen molar-refractivity contribution in [3.8, 4) is 0 Å². The molecule has 0 radical (unpaired) electrons. The van der Waals surface area contributed by atoms with Crippen molar-refractivity contribution in [3.05, 3.63) is 77.5 Å². The highest BCUT2D eigenvalue weighted by atomic mass is 32.2. The average Bonchev–Trinajstić information content (AvgIpc) is 3.63. The molecule has 310 valence electrons. The lowest BCUT2D eigenvalue weighted by atomic mass is 9.77. The van der Waals surface area contributed by atoms with E-state index in [1.807, 2.05) is 72.7 Å². The molecule has 2 aromatic carbocycles. The van der Waals surface area contributed by atoms with Crippen molar-refractivity contribution in [1.29, 1.82) is 0 Å². The van der Waals surface area contributed by atoms with Crippen LogP contribution in [0.3, 0.4) is 0 Å². The van der Waals surface area contributed by atoms with E-state index < -0.39 is 70.5 Å². The number of imide groups is 1. The van der Waals surface area contributed by atoms with Gasteiger partial charge in [0.15, 0.2) is 5.71 Å². The number of hydrogen-bond donors (Lipinski definition) is 3. The van der Waals surface area contributed by atoms with Crippen LogP contribution in [0.1, 0.15) is 89.7 Å². The third-order valence-corrected chi connectivity index (χ3v) is 13.1. The number of carbonyl (C=O) groups is 3. The molecule has 57 heavy (non-hydrogen) atoms. The fraction of sp³-hybridized carbons (Fsp3) is 0.474. The predicted octanol–water partition coefficient (Wildman–Crippen LogP) is 4.64. The summed E-state index contributed by atoms with van der Waals surface area (Å²) in [5, 5.41) is 0.495. The average molecular weight is 851 g/mol. The second kappa shape index (κ2) is 16.9. The molecule has 1 atom stereocenters. The normalized spacial score (nSPS) is 20.3. The second-order valence-electron chi connectivity index (χ2n) is 15.1. The van der Waals surface area contributed by atoms with Crippen LogP contribution in [-0.4, -0.2) is 96.6 Å². The van der Waals surface area contributed by atoms with Crippen LogP contribution in [0.15, 0.2) is 71.3 Å². The maximum Gasteiger partial charge on any atom is 0.333 e. The molecule has 1 unspecified atom stereocenters. The highest BCUT2D eigenvalue weighted by Gasteiger charge is 2.45. The zero-order valence-corrected chi connectivity index (χ0v) is 34.4. The van der Waals surface area contributed by atoms with E-state index in [1.165, 1.54) is 18.2 Å². The standard InChI is InChI=1S/C38H47N3O13S3/c1-37(2)28-12-6-7-13-30(28)39(22-10-24-55(45,46)47)32(37)14-9-15-33-38(3,21-8-4-5-16-36(44)54-41-34(42)19-20-35(41)43)29-26-27(57(51,52)53)17-18-31(29)40(33)23-11-25-56(48,49)50/h6-7,9,12-15,17-18,26H,4-5,8,10-11,16,19-25H2,1-3H3,(H2-,45,46,47,48,49,50,51,52,53)/p+1. The molecule has 19 heteroatoms. The summed E-state index contributed by atoms with van der Waals surface area (Å²) in [5.41, 5.74) is 3.05. The van der Waals surface area contributed by atoms with Crippen molar-refractivity contribution in [2.45, 2.75) is 94.3 Å². The van der Waals surface area contributed by atoms with Crippen molar-refractivity contribution in [2.24, 2.45) is 0 Å². The molecule has 0 aliphatic carbocycles. The highest BCUT2D eigenvalue weighted by molar-refractivity contribution is 7.86. The Morgan fingerprint density at radius 1 is 0.842 bits per heavy atom. The monoisotopic (exact) mass is 850 g/mol. The predicted molar refractivity (Wildman–Crippen MR) is 210 cm³/mol. The highest BCUT2D eigenvalue weighted by Crippen LogP contribution is 2.51. The van der Waals surface area contributed by atoms with E-state index in [2.05, 4.69) is 0 Å². The third kappa shape index (κ3) is 10.2. The fourth-order valence-electron chi connectivity index (χ4n) is 7.85. The largest absolute Gasteiger partial charge is 0.344 e. The fourth-order valence-corrected chi connectivity index (χ4v) is 9.34. The SMILES string of the molecule is CC1(C)C(C=CC=C2N(CCCS(=O)(=O)O)c3ccc(S(=O)(=O)O)cc3C2(C)CCCCCC(=O)ON2C(=O)CCC2=O)=[N+](CCCS(=O)(=O)O)c2ccccc21. The Morgan fingerprint density at radius 3 is 2.14 bits per heavy atom. The summed E-state index contributed by atoms with van der Waals surface area (Å²) in [6.45, 7) is 6.36. The number of anilines is 1. The van der Waals surface area contributed by atoms with Crippen molar-refractivity contribution in [1.82, 2.24) is 5.06 Å². The van der Waals surface area contributed by atoms with Gasteiger partial charge in [-0.2, -0.15) is 29.8 Å². The summed E-state index contributed by atoms with van der Waals surface area (Å²) in [7, 11) is -13.1. The Morgan fingerprint density at radius 2 is 1.49 bits per heavy atom. The molecule has 0 aromatic heterocycles. The van der Waals surface area contributed by atoms with E-state index in [4.69, 9.17) is 4.84 Å². The number of carbonyl (C=O) groups excluding carboxylic acids is 3. The molecule has 3 aliphatic heterocycles. The second-order valence-corrected chi connectivity index (χ2v) is 19.7. The lowest BCUT2D eigenvalue weighted by Gasteiger charge is -2.30. The molecular weight excluding hydrogens is 803 g/mol. The Bertz CT molecular complexity index is 2350. The molecule has 3 N–H and O–H groups in total. The number of hydroxylamine groups is 2. The number of benzene rings is 2. The third-order valence-electron chi connectivity index (χ3n) is 10.6. The van der Waals surface area contributed by atoms with E-state index in [9.17, 15) is 53.3 Å². The molecule has 2 aromatic rings. The number of fused-ring (bicyclic) bond motifs is 2. The topological polar surface area (TPSA) is 233 Å². The maximum atomic E-state index is 12.4. The van der Waals surface area contributed by atoms with E-state index >= 15 is 0 Å². The Hall–Kier alpha value is -4.27. The summed E-state index contributed by atoms with van der Waals surface area (Å²) in [5.74, 6) is -2.85. The number of allylic oxidation sites excluding steroid dienone is 4. The smallest absolute Gasteiger partial charge is 0.333 e. The number of para-hydroxylation sites is 1. The number of hydrogen-bond acceptors (Lipinski definition) is 11. The van der Waals surface area contributed by atoms with Crippen molar-refractivity contribution >= 4 is 65.2 Å². The van der Waals surface area contributed by atoms with Crippen molar-refractivity contribution < 1.29 is 62.7 Å². The number of nitrogens with zero attached hydrogens (tertiary/aromatic N) is 3. The summed E-state index contributed by atoms with van der Waals surface area (Å²) >= 11 is 0. The number of amides is 2. The molecule has 0 bridgehead atoms. The van der Waals surface area contributed by atoms with Gasteiger partial charge in [-0.15, -0.1) is 5.06 Å². The first-order valence-electron chi connectivity index (χ1n) is 18.5. The minimum absolute atomic E-state index is 0.0147. The summed E-state index contributed by atoms with van der Waals surface area (Å²) < 4.78 is 102. The van der Waals surface area contributed by atoms with Crippen LogP contribution in [0.4, 0.5) is 11.4 Å². The minimum atomic E-state index is -4.62. The van der Waals surface area contributed by atoms with Crippen LogP contribution in [-0.2, 0) is 60.4 Å². The zero-order chi connectivity index (χ0) is 42.0. The van der Waals surface area contributed by atoms with Crippen LogP contribution in [0, 0.1) is 0 Å². The van der Waals surface area contributed by atoms with Gasteiger partial charge in [-0.25, -0.2) is 4.79 Å². The zero-order valence-electron chi connectivity index (χ0n) is 32.0. The van der Waals surface area contributed by atoms with Crippen molar-refractivity contribution in [3.63, 3.8) is 0 Å². The summed E-state index contributed by atoms with van der Waals surface area (Å²) in [6.07, 6.45) is 7.34. The van der Waals surface area contributed by atoms with E-state index in [0.29, 0.717) is 47.7 Å². The first-order chi connectivity index (χ1) is 26.5. The molecule has 5 rings (SSSR count). The van der Waals surface area contributed by atoms with Gasteiger partial charge in [-0.1, -0.05) is 37.1 Å². The minimum Gasteiger partial charge on any atom is -0.344 e. The first kappa shape index (κ1) is 43.8. The molecule has 0 saturated carbocycles. The molecule has 0 spiro atoms. The molecule has 3 aliphatic rings. The Balaban J connectivity index is 1.49. The van der Waals surface area contributed by atoms with Crippen LogP contribution < -0.4 is 4.90 Å². The van der Waals surface area contributed by atoms with Crippen LogP contribution >= 0.6 is 0 Å². The van der Waals surface area contributed by atoms with Gasteiger partial charge in [-0.05, 0) is 69.9 Å². The van der Waals surface area contributed by atoms with Crippen molar-refractivity contribution in [2.75, 3.05) is 29.5 Å². The molecule has 1 saturated heterocycles. The molecular formula is C38H48N3O13S3+. The molecule has 2 amide bonds. The van der Waals surface area contributed by atoms with E-state index in [-0.39, 0.29) is 50.1 Å². The van der Waals surface area contributed by atoms with Gasteiger partial charge < -0.3 is 9.74 Å². The number of unbranched alkanes of at least 4 members (excludes halogenated alkanes) is 2. The van der Waals surface area contributed by atoms with Gasteiger partial charge in [-0.3, -0.25) is 23.2 Å².